The summed E-state index contributed by atoms with van der Waals surface area (Å²) in [5.41, 5.74) is 5.87. The maximum atomic E-state index is 12.4. The molecule has 3 rings (SSSR count). The normalized spacial score (nSPS) is 10.8. The number of fused-ring (bicyclic) bond motifs is 1. The zero-order valence-corrected chi connectivity index (χ0v) is 15.0. The van der Waals surface area contributed by atoms with Crippen LogP contribution in [0.25, 0.3) is 5.65 Å². The molecule has 2 amide bonds. The summed E-state index contributed by atoms with van der Waals surface area (Å²) in [6.45, 7) is 1.66. The summed E-state index contributed by atoms with van der Waals surface area (Å²) in [5.74, 6) is -0.983. The third-order valence-electron chi connectivity index (χ3n) is 3.70. The van der Waals surface area contributed by atoms with E-state index in [0.29, 0.717) is 17.0 Å². The predicted molar refractivity (Wildman–Crippen MR) is 93.0 cm³/mol. The number of hydrogen-bond donors (Lipinski definition) is 3. The lowest BCUT2D eigenvalue weighted by atomic mass is 10.1. The van der Waals surface area contributed by atoms with Gasteiger partial charge < -0.3 is 4.57 Å². The molecule has 0 saturated heterocycles. The van der Waals surface area contributed by atoms with Gasteiger partial charge in [0.1, 0.15) is 5.69 Å². The summed E-state index contributed by atoms with van der Waals surface area (Å²) in [4.78, 5) is 40.8. The zero-order chi connectivity index (χ0) is 18.1. The Labute approximate surface area is 150 Å². The number of nitrogens with zero attached hydrogens (tertiary/aromatic N) is 3. The van der Waals surface area contributed by atoms with Gasteiger partial charge in [0, 0.05) is 41.2 Å². The molecular weight excluding hydrogens is 392 g/mol. The molecule has 9 nitrogen and oxygen atoms in total. The molecule has 0 radical (unpaired) electrons. The van der Waals surface area contributed by atoms with Crippen molar-refractivity contribution in [2.75, 3.05) is 0 Å². The number of carbonyl (C=O) groups excluding carboxylic acids is 2. The van der Waals surface area contributed by atoms with Gasteiger partial charge in [0.05, 0.1) is 6.42 Å². The molecule has 10 heteroatoms. The van der Waals surface area contributed by atoms with E-state index in [0.717, 1.165) is 4.47 Å². The van der Waals surface area contributed by atoms with E-state index in [-0.39, 0.29) is 17.5 Å². The van der Waals surface area contributed by atoms with Crippen LogP contribution in [0.5, 0.6) is 0 Å². The van der Waals surface area contributed by atoms with Crippen molar-refractivity contribution >= 4 is 33.4 Å². The molecule has 3 heterocycles. The average Bonchev–Trinajstić information content (AvgIpc) is 3.15. The van der Waals surface area contributed by atoms with Crippen molar-refractivity contribution in [3.05, 3.63) is 56.3 Å². The summed E-state index contributed by atoms with van der Waals surface area (Å²) in [5, 5.41) is 2.74. The van der Waals surface area contributed by atoms with E-state index in [1.54, 1.807) is 43.1 Å². The molecule has 0 saturated carbocycles. The van der Waals surface area contributed by atoms with Crippen molar-refractivity contribution in [3.8, 4) is 0 Å². The number of aromatic amines is 1. The molecule has 0 aromatic carbocycles. The van der Waals surface area contributed by atoms with Gasteiger partial charge in [-0.05, 0) is 28.9 Å². The Bertz CT molecular complexity index is 1030. The lowest BCUT2D eigenvalue weighted by Gasteiger charge is -2.09. The average molecular weight is 407 g/mol. The lowest BCUT2D eigenvalue weighted by Crippen LogP contribution is -2.43. The number of nitrogens with one attached hydrogen (secondary N) is 3. The topological polar surface area (TPSA) is 113 Å². The molecule has 0 aliphatic heterocycles. The van der Waals surface area contributed by atoms with E-state index in [1.807, 2.05) is 0 Å². The van der Waals surface area contributed by atoms with Crippen LogP contribution in [0.15, 0.2) is 33.8 Å². The molecule has 130 valence electrons. The van der Waals surface area contributed by atoms with Crippen LogP contribution >= 0.6 is 15.9 Å². The number of amides is 2. The van der Waals surface area contributed by atoms with Crippen LogP contribution in [0.4, 0.5) is 0 Å². The Morgan fingerprint density at radius 1 is 1.36 bits per heavy atom. The lowest BCUT2D eigenvalue weighted by molar-refractivity contribution is -0.121. The fraction of sp³-hybridized carbons (Fsp3) is 0.200. The van der Waals surface area contributed by atoms with E-state index < -0.39 is 11.8 Å². The number of rotatable bonds is 3. The minimum atomic E-state index is -0.518. The molecule has 0 fully saturated rings. The molecular formula is C15H15BrN6O3. The monoisotopic (exact) mass is 406 g/mol. The van der Waals surface area contributed by atoms with Crippen LogP contribution in [-0.2, 0) is 18.3 Å². The summed E-state index contributed by atoms with van der Waals surface area (Å²) in [6.07, 6.45) is 3.11. The van der Waals surface area contributed by atoms with Gasteiger partial charge in [0.25, 0.3) is 11.5 Å². The van der Waals surface area contributed by atoms with Crippen molar-refractivity contribution in [1.29, 1.82) is 0 Å². The third-order valence-corrected chi connectivity index (χ3v) is 4.14. The Kier molecular flexibility index (Phi) is 4.45. The maximum Gasteiger partial charge on any atom is 0.286 e. The summed E-state index contributed by atoms with van der Waals surface area (Å²) < 4.78 is 3.63. The number of hydrogen-bond acceptors (Lipinski definition) is 4. The first kappa shape index (κ1) is 17.0. The minimum Gasteiger partial charge on any atom is -0.345 e. The highest BCUT2D eigenvalue weighted by atomic mass is 79.9. The highest BCUT2D eigenvalue weighted by Crippen LogP contribution is 2.13. The van der Waals surface area contributed by atoms with E-state index >= 15 is 0 Å². The Morgan fingerprint density at radius 3 is 2.80 bits per heavy atom. The molecule has 0 aliphatic rings. The quantitative estimate of drug-likeness (QED) is 0.547. The SMILES string of the molecule is Cc1nc2cc[nH]n2c(=O)c1CC(=O)NNC(=O)c1cc(Br)cn1C. The molecule has 0 atom stereocenters. The van der Waals surface area contributed by atoms with Gasteiger partial charge in [-0.1, -0.05) is 0 Å². The number of aryl methyl sites for hydroxylation is 2. The largest absolute Gasteiger partial charge is 0.345 e. The number of aromatic nitrogens is 4. The molecule has 3 aromatic rings. The van der Waals surface area contributed by atoms with Gasteiger partial charge in [-0.15, -0.1) is 0 Å². The highest BCUT2D eigenvalue weighted by Gasteiger charge is 2.16. The Hall–Kier alpha value is -2.88. The molecule has 0 bridgehead atoms. The number of H-pyrrole nitrogens is 1. The second-order valence-electron chi connectivity index (χ2n) is 5.47. The molecule has 3 aromatic heterocycles. The summed E-state index contributed by atoms with van der Waals surface area (Å²) >= 11 is 3.27. The van der Waals surface area contributed by atoms with E-state index in [1.165, 1.54) is 4.52 Å². The van der Waals surface area contributed by atoms with Gasteiger partial charge in [0.2, 0.25) is 5.91 Å². The first-order valence-corrected chi connectivity index (χ1v) is 8.13. The van der Waals surface area contributed by atoms with Crippen LogP contribution in [0, 0.1) is 6.92 Å². The van der Waals surface area contributed by atoms with Gasteiger partial charge in [0.15, 0.2) is 5.65 Å². The van der Waals surface area contributed by atoms with E-state index in [9.17, 15) is 14.4 Å². The molecule has 25 heavy (non-hydrogen) atoms. The van der Waals surface area contributed by atoms with Crippen LogP contribution in [0.2, 0.25) is 0 Å². The minimum absolute atomic E-state index is 0.198. The molecule has 0 aliphatic carbocycles. The second kappa shape index (κ2) is 6.55. The Balaban J connectivity index is 1.70. The van der Waals surface area contributed by atoms with Crippen LogP contribution in [-0.4, -0.2) is 31.0 Å². The van der Waals surface area contributed by atoms with Crippen molar-refractivity contribution in [2.45, 2.75) is 13.3 Å². The van der Waals surface area contributed by atoms with Crippen molar-refractivity contribution in [2.24, 2.45) is 7.05 Å². The Morgan fingerprint density at radius 2 is 2.12 bits per heavy atom. The third kappa shape index (κ3) is 3.33. The van der Waals surface area contributed by atoms with Crippen molar-refractivity contribution in [3.63, 3.8) is 0 Å². The van der Waals surface area contributed by atoms with E-state index in [4.69, 9.17) is 0 Å². The van der Waals surface area contributed by atoms with Crippen LogP contribution in [0.1, 0.15) is 21.7 Å². The summed E-state index contributed by atoms with van der Waals surface area (Å²) in [6, 6.07) is 3.29. The fourth-order valence-corrected chi connectivity index (χ4v) is 2.98. The maximum absolute atomic E-state index is 12.4. The number of hydrazine groups is 1. The first-order chi connectivity index (χ1) is 11.9. The van der Waals surface area contributed by atoms with Gasteiger partial charge in [-0.25, -0.2) is 9.50 Å². The second-order valence-corrected chi connectivity index (χ2v) is 6.39. The predicted octanol–water partition coefficient (Wildman–Crippen LogP) is 0.436. The van der Waals surface area contributed by atoms with Crippen LogP contribution < -0.4 is 16.4 Å². The number of carbonyl (C=O) groups is 2. The number of halogens is 1. The first-order valence-electron chi connectivity index (χ1n) is 7.33. The van der Waals surface area contributed by atoms with Gasteiger partial charge in [-0.3, -0.25) is 30.3 Å². The van der Waals surface area contributed by atoms with Crippen molar-refractivity contribution in [1.82, 2.24) is 30.0 Å². The molecule has 0 unspecified atom stereocenters. The molecule has 3 N–H and O–H groups in total. The fourth-order valence-electron chi connectivity index (χ4n) is 2.45. The van der Waals surface area contributed by atoms with E-state index in [2.05, 4.69) is 36.9 Å². The van der Waals surface area contributed by atoms with Gasteiger partial charge in [-0.2, -0.15) is 0 Å². The smallest absolute Gasteiger partial charge is 0.286 e. The summed E-state index contributed by atoms with van der Waals surface area (Å²) in [7, 11) is 1.71. The van der Waals surface area contributed by atoms with Crippen LogP contribution in [0.3, 0.4) is 0 Å². The zero-order valence-electron chi connectivity index (χ0n) is 13.5. The molecule has 0 spiro atoms. The standard InChI is InChI=1S/C15H15BrN6O3/c1-8-10(15(25)22-12(18-8)3-4-17-22)6-13(23)19-20-14(24)11-5-9(16)7-21(11)2/h3-5,7,17H,6H2,1-2H3,(H,19,23)(H,20,24). The highest BCUT2D eigenvalue weighted by molar-refractivity contribution is 9.10. The van der Waals surface area contributed by atoms with Gasteiger partial charge >= 0.3 is 0 Å². The van der Waals surface area contributed by atoms with Crippen molar-refractivity contribution < 1.29 is 9.59 Å².